The van der Waals surface area contributed by atoms with Crippen LogP contribution in [-0.2, 0) is 21.4 Å². The van der Waals surface area contributed by atoms with Gasteiger partial charge in [0, 0.05) is 43.9 Å². The summed E-state index contributed by atoms with van der Waals surface area (Å²) in [5.74, 6) is -0.236. The summed E-state index contributed by atoms with van der Waals surface area (Å²) < 4.78 is 26.7. The maximum atomic E-state index is 12.8. The van der Waals surface area contributed by atoms with Crippen molar-refractivity contribution in [2.24, 2.45) is 0 Å². The average Bonchev–Trinajstić information content (AvgIpc) is 2.75. The molecule has 1 heterocycles. The van der Waals surface area contributed by atoms with Crippen molar-refractivity contribution in [1.82, 2.24) is 9.21 Å². The van der Waals surface area contributed by atoms with Crippen LogP contribution in [0.15, 0.2) is 53.4 Å². The first kappa shape index (κ1) is 23.0. The maximum Gasteiger partial charge on any atom is 0.255 e. The second-order valence-electron chi connectivity index (χ2n) is 8.07. The van der Waals surface area contributed by atoms with Crippen molar-refractivity contribution in [3.05, 3.63) is 59.7 Å². The van der Waals surface area contributed by atoms with Gasteiger partial charge in [0.1, 0.15) is 0 Å². The highest BCUT2D eigenvalue weighted by molar-refractivity contribution is 7.89. The number of anilines is 1. The molecule has 1 N–H and O–H groups in total. The van der Waals surface area contributed by atoms with Gasteiger partial charge >= 0.3 is 0 Å². The van der Waals surface area contributed by atoms with Crippen LogP contribution < -0.4 is 5.32 Å². The van der Waals surface area contributed by atoms with Crippen LogP contribution in [-0.4, -0.2) is 49.1 Å². The molecule has 31 heavy (non-hydrogen) atoms. The van der Waals surface area contributed by atoms with Crippen molar-refractivity contribution in [1.29, 1.82) is 0 Å². The maximum absolute atomic E-state index is 12.8. The van der Waals surface area contributed by atoms with E-state index in [-0.39, 0.29) is 22.4 Å². The van der Waals surface area contributed by atoms with E-state index in [4.69, 9.17) is 0 Å². The number of nitrogens with zero attached hydrogens (tertiary/aromatic N) is 2. The molecule has 1 fully saturated rings. The van der Waals surface area contributed by atoms with Gasteiger partial charge < -0.3 is 10.2 Å². The normalized spacial score (nSPS) is 14.9. The summed E-state index contributed by atoms with van der Waals surface area (Å²) >= 11 is 0. The first-order valence-electron chi connectivity index (χ1n) is 10.4. The van der Waals surface area contributed by atoms with Crippen LogP contribution >= 0.6 is 0 Å². The molecule has 8 heteroatoms. The molecule has 2 aromatic rings. The number of sulfonamides is 1. The Hall–Kier alpha value is -2.71. The Bertz CT molecular complexity index is 1070. The molecule has 1 aliphatic rings. The SMILES string of the molecule is CC(C)N(C)S(=O)(=O)c1cccc(C(=O)Nc2cccc(CN3CCCCC3=O)c2)c1. The number of likely N-dealkylation sites (tertiary alicyclic amines) is 1. The Balaban J connectivity index is 1.74. The van der Waals surface area contributed by atoms with Gasteiger partial charge in [-0.3, -0.25) is 9.59 Å². The molecule has 1 saturated heterocycles. The number of carbonyl (C=O) groups excluding carboxylic acids is 2. The predicted molar refractivity (Wildman–Crippen MR) is 120 cm³/mol. The Morgan fingerprint density at radius 1 is 1.13 bits per heavy atom. The molecule has 0 bridgehead atoms. The van der Waals surface area contributed by atoms with E-state index in [2.05, 4.69) is 5.32 Å². The Kier molecular flexibility index (Phi) is 7.12. The molecule has 0 atom stereocenters. The zero-order valence-corrected chi connectivity index (χ0v) is 19.0. The van der Waals surface area contributed by atoms with Crippen molar-refractivity contribution < 1.29 is 18.0 Å². The van der Waals surface area contributed by atoms with Gasteiger partial charge in [-0.1, -0.05) is 18.2 Å². The minimum Gasteiger partial charge on any atom is -0.338 e. The lowest BCUT2D eigenvalue weighted by molar-refractivity contribution is -0.133. The summed E-state index contributed by atoms with van der Waals surface area (Å²) in [4.78, 5) is 26.7. The molecule has 3 rings (SSSR count). The van der Waals surface area contributed by atoms with Crippen LogP contribution in [0.4, 0.5) is 5.69 Å². The van der Waals surface area contributed by atoms with Crippen molar-refractivity contribution in [3.8, 4) is 0 Å². The van der Waals surface area contributed by atoms with E-state index in [0.717, 1.165) is 24.9 Å². The van der Waals surface area contributed by atoms with Gasteiger partial charge in [-0.05, 0) is 62.6 Å². The number of rotatable bonds is 7. The molecule has 2 aromatic carbocycles. The molecule has 0 unspecified atom stereocenters. The zero-order valence-electron chi connectivity index (χ0n) is 18.2. The van der Waals surface area contributed by atoms with Crippen LogP contribution in [0.1, 0.15) is 49.0 Å². The third-order valence-corrected chi connectivity index (χ3v) is 7.51. The quantitative estimate of drug-likeness (QED) is 0.710. The van der Waals surface area contributed by atoms with Crippen molar-refractivity contribution in [3.63, 3.8) is 0 Å². The Morgan fingerprint density at radius 2 is 1.87 bits per heavy atom. The molecule has 2 amide bonds. The number of piperidine rings is 1. The van der Waals surface area contributed by atoms with Crippen LogP contribution in [0, 0.1) is 0 Å². The lowest BCUT2D eigenvalue weighted by Crippen LogP contribution is -2.34. The molecule has 7 nitrogen and oxygen atoms in total. The number of nitrogens with one attached hydrogen (secondary N) is 1. The van der Waals surface area contributed by atoms with Crippen LogP contribution in [0.5, 0.6) is 0 Å². The first-order chi connectivity index (χ1) is 14.7. The lowest BCUT2D eigenvalue weighted by atomic mass is 10.1. The fourth-order valence-electron chi connectivity index (χ4n) is 3.44. The number of benzene rings is 2. The molecule has 0 aromatic heterocycles. The van der Waals surface area contributed by atoms with Gasteiger partial charge in [0.2, 0.25) is 15.9 Å². The third kappa shape index (κ3) is 5.51. The van der Waals surface area contributed by atoms with Crippen LogP contribution in [0.25, 0.3) is 0 Å². The summed E-state index contributed by atoms with van der Waals surface area (Å²) in [7, 11) is -2.16. The fraction of sp³-hybridized carbons (Fsp3) is 0.391. The Morgan fingerprint density at radius 3 is 2.58 bits per heavy atom. The molecular formula is C23H29N3O4S. The minimum absolute atomic E-state index is 0.0775. The summed E-state index contributed by atoms with van der Waals surface area (Å²) in [6, 6.07) is 13.2. The molecule has 0 saturated carbocycles. The van der Waals surface area contributed by atoms with Crippen molar-refractivity contribution >= 4 is 27.5 Å². The summed E-state index contributed by atoms with van der Waals surface area (Å²) in [6.45, 7) is 4.84. The topological polar surface area (TPSA) is 86.8 Å². The summed E-state index contributed by atoms with van der Waals surface area (Å²) in [5, 5.41) is 2.83. The molecule has 166 valence electrons. The predicted octanol–water partition coefficient (Wildman–Crippen LogP) is 3.48. The van der Waals surface area contributed by atoms with Gasteiger partial charge in [0.15, 0.2) is 0 Å². The molecule has 0 spiro atoms. The second kappa shape index (κ2) is 9.62. The molecule has 0 radical (unpaired) electrons. The van der Waals surface area contributed by atoms with E-state index >= 15 is 0 Å². The largest absolute Gasteiger partial charge is 0.338 e. The van der Waals surface area contributed by atoms with Gasteiger partial charge in [0.25, 0.3) is 5.91 Å². The van der Waals surface area contributed by atoms with Gasteiger partial charge in [-0.2, -0.15) is 4.31 Å². The highest BCUT2D eigenvalue weighted by Gasteiger charge is 2.24. The van der Waals surface area contributed by atoms with E-state index in [9.17, 15) is 18.0 Å². The number of hydrogen-bond donors (Lipinski definition) is 1. The van der Waals surface area contributed by atoms with E-state index < -0.39 is 15.9 Å². The lowest BCUT2D eigenvalue weighted by Gasteiger charge is -2.26. The molecule has 0 aliphatic carbocycles. The third-order valence-electron chi connectivity index (χ3n) is 5.48. The van der Waals surface area contributed by atoms with Crippen LogP contribution in [0.3, 0.4) is 0 Å². The number of amides is 2. The average molecular weight is 444 g/mol. The van der Waals surface area contributed by atoms with Crippen molar-refractivity contribution in [2.45, 2.75) is 50.6 Å². The minimum atomic E-state index is -3.68. The zero-order chi connectivity index (χ0) is 22.6. The number of hydrogen-bond acceptors (Lipinski definition) is 4. The molecule has 1 aliphatic heterocycles. The monoisotopic (exact) mass is 443 g/mol. The fourth-order valence-corrected chi connectivity index (χ4v) is 4.86. The van der Waals surface area contributed by atoms with E-state index in [1.165, 1.54) is 23.5 Å². The smallest absolute Gasteiger partial charge is 0.255 e. The highest BCUT2D eigenvalue weighted by Crippen LogP contribution is 2.20. The first-order valence-corrected chi connectivity index (χ1v) is 11.9. The van der Waals surface area contributed by atoms with Gasteiger partial charge in [0.05, 0.1) is 4.90 Å². The van der Waals surface area contributed by atoms with Crippen LogP contribution in [0.2, 0.25) is 0 Å². The number of carbonyl (C=O) groups is 2. The van der Waals surface area contributed by atoms with Crippen molar-refractivity contribution in [2.75, 3.05) is 18.9 Å². The van der Waals surface area contributed by atoms with Gasteiger partial charge in [-0.15, -0.1) is 0 Å². The van der Waals surface area contributed by atoms with E-state index in [0.29, 0.717) is 18.7 Å². The van der Waals surface area contributed by atoms with E-state index in [1.54, 1.807) is 32.0 Å². The highest BCUT2D eigenvalue weighted by atomic mass is 32.2. The Labute approximate surface area is 184 Å². The van der Waals surface area contributed by atoms with Gasteiger partial charge in [-0.25, -0.2) is 8.42 Å². The summed E-state index contributed by atoms with van der Waals surface area (Å²) in [5.41, 5.74) is 1.79. The summed E-state index contributed by atoms with van der Waals surface area (Å²) in [6.07, 6.45) is 2.53. The molecular weight excluding hydrogens is 414 g/mol. The van der Waals surface area contributed by atoms with E-state index in [1.807, 2.05) is 23.1 Å². The standard InChI is InChI=1S/C23H29N3O4S/c1-17(2)25(3)31(29,30)21-11-7-9-19(15-21)23(28)24-20-10-6-8-18(14-20)16-26-13-5-4-12-22(26)27/h6-11,14-15,17H,4-5,12-13,16H2,1-3H3,(H,24,28). The second-order valence-corrected chi connectivity index (χ2v) is 10.1.